The van der Waals surface area contributed by atoms with E-state index < -0.39 is 10.8 Å². The maximum atomic E-state index is 12.2. The Labute approximate surface area is 124 Å². The Morgan fingerprint density at radius 1 is 1.48 bits per heavy atom. The van der Waals surface area contributed by atoms with E-state index in [4.69, 9.17) is 0 Å². The molecule has 0 spiro atoms. The second-order valence-electron chi connectivity index (χ2n) is 4.03. The monoisotopic (exact) mass is 307 g/mol. The summed E-state index contributed by atoms with van der Waals surface area (Å²) in [5.74, 6) is -0.0968. The molecule has 0 fully saturated rings. The first kappa shape index (κ1) is 14.9. The highest BCUT2D eigenvalue weighted by Crippen LogP contribution is 2.19. The van der Waals surface area contributed by atoms with Crippen LogP contribution in [0.4, 0.5) is 11.5 Å². The lowest BCUT2D eigenvalue weighted by molar-refractivity contribution is -0.385. The molecule has 9 heteroatoms. The highest BCUT2D eigenvalue weighted by atomic mass is 32.1. The van der Waals surface area contributed by atoms with Crippen LogP contribution in [0.5, 0.6) is 0 Å². The summed E-state index contributed by atoms with van der Waals surface area (Å²) >= 11 is 1.42. The number of rotatable bonds is 6. The third kappa shape index (κ3) is 3.72. The summed E-state index contributed by atoms with van der Waals surface area (Å²) in [4.78, 5) is 31.1. The normalized spacial score (nSPS) is 10.1. The fourth-order valence-electron chi connectivity index (χ4n) is 1.63. The minimum Gasteiger partial charge on any atom is -0.370 e. The van der Waals surface area contributed by atoms with E-state index in [2.05, 4.69) is 20.6 Å². The maximum Gasteiger partial charge on any atom is 0.288 e. The SMILES string of the molecule is CCNc1ncc([N+](=O)[O-])cc1C(=O)NCc1cncs1. The number of hydrogen-bond acceptors (Lipinski definition) is 7. The molecule has 0 aromatic carbocycles. The van der Waals surface area contributed by atoms with Crippen LogP contribution in [-0.4, -0.2) is 27.3 Å². The predicted octanol–water partition coefficient (Wildman–Crippen LogP) is 1.81. The first-order chi connectivity index (χ1) is 10.1. The van der Waals surface area contributed by atoms with Crippen LogP contribution in [0.2, 0.25) is 0 Å². The van der Waals surface area contributed by atoms with Crippen LogP contribution in [0.3, 0.4) is 0 Å². The molecule has 0 radical (unpaired) electrons. The molecule has 0 bridgehead atoms. The molecule has 2 N–H and O–H groups in total. The van der Waals surface area contributed by atoms with Crippen molar-refractivity contribution in [2.45, 2.75) is 13.5 Å². The highest BCUT2D eigenvalue weighted by molar-refractivity contribution is 7.09. The molecule has 2 heterocycles. The van der Waals surface area contributed by atoms with E-state index in [0.717, 1.165) is 11.1 Å². The number of pyridine rings is 1. The van der Waals surface area contributed by atoms with Crippen molar-refractivity contribution in [2.75, 3.05) is 11.9 Å². The second kappa shape index (κ2) is 6.75. The number of hydrogen-bond donors (Lipinski definition) is 2. The molecule has 0 saturated heterocycles. The van der Waals surface area contributed by atoms with Crippen molar-refractivity contribution in [1.82, 2.24) is 15.3 Å². The second-order valence-corrected chi connectivity index (χ2v) is 5.00. The molecule has 2 aromatic heterocycles. The van der Waals surface area contributed by atoms with Crippen LogP contribution in [0.15, 0.2) is 24.0 Å². The number of nitrogens with zero attached hydrogens (tertiary/aromatic N) is 3. The third-order valence-electron chi connectivity index (χ3n) is 2.58. The summed E-state index contributed by atoms with van der Waals surface area (Å²) in [5.41, 5.74) is 1.59. The van der Waals surface area contributed by atoms with Crippen molar-refractivity contribution in [3.05, 3.63) is 44.5 Å². The van der Waals surface area contributed by atoms with Crippen molar-refractivity contribution >= 4 is 28.7 Å². The van der Waals surface area contributed by atoms with Crippen LogP contribution in [0.1, 0.15) is 22.2 Å². The first-order valence-electron chi connectivity index (χ1n) is 6.15. The summed E-state index contributed by atoms with van der Waals surface area (Å²) in [6.07, 6.45) is 2.78. The lowest BCUT2D eigenvalue weighted by Gasteiger charge is -2.09. The molecule has 2 aromatic rings. The summed E-state index contributed by atoms with van der Waals surface area (Å²) in [6.45, 7) is 2.72. The Hall–Kier alpha value is -2.55. The summed E-state index contributed by atoms with van der Waals surface area (Å²) in [6, 6.07) is 1.22. The number of amides is 1. The number of nitro groups is 1. The van der Waals surface area contributed by atoms with Gasteiger partial charge in [-0.1, -0.05) is 0 Å². The summed E-state index contributed by atoms with van der Waals surface area (Å²) in [7, 11) is 0. The van der Waals surface area contributed by atoms with E-state index in [1.807, 2.05) is 6.92 Å². The van der Waals surface area contributed by atoms with Gasteiger partial charge in [0, 0.05) is 23.7 Å². The van der Waals surface area contributed by atoms with Crippen molar-refractivity contribution in [3.63, 3.8) is 0 Å². The van der Waals surface area contributed by atoms with Gasteiger partial charge in [-0.2, -0.15) is 0 Å². The lowest BCUT2D eigenvalue weighted by atomic mass is 10.2. The minimum atomic E-state index is -0.581. The van der Waals surface area contributed by atoms with Gasteiger partial charge in [-0.25, -0.2) is 4.98 Å². The zero-order valence-electron chi connectivity index (χ0n) is 11.2. The molecule has 0 unspecified atom stereocenters. The molecule has 0 aliphatic heterocycles. The number of thiazole rings is 1. The van der Waals surface area contributed by atoms with Gasteiger partial charge in [-0.3, -0.25) is 19.9 Å². The van der Waals surface area contributed by atoms with Gasteiger partial charge in [-0.05, 0) is 6.92 Å². The smallest absolute Gasteiger partial charge is 0.288 e. The van der Waals surface area contributed by atoms with Crippen LogP contribution in [0, 0.1) is 10.1 Å². The maximum absolute atomic E-state index is 12.2. The summed E-state index contributed by atoms with van der Waals surface area (Å²) in [5, 5.41) is 16.4. The first-order valence-corrected chi connectivity index (χ1v) is 7.03. The zero-order valence-corrected chi connectivity index (χ0v) is 12.0. The molecule has 0 atom stereocenters. The third-order valence-corrected chi connectivity index (χ3v) is 3.36. The molecule has 21 heavy (non-hydrogen) atoms. The van der Waals surface area contributed by atoms with Crippen LogP contribution < -0.4 is 10.6 Å². The zero-order chi connectivity index (χ0) is 15.2. The van der Waals surface area contributed by atoms with E-state index >= 15 is 0 Å². The fourth-order valence-corrected chi connectivity index (χ4v) is 2.16. The van der Waals surface area contributed by atoms with Crippen LogP contribution in [-0.2, 0) is 6.54 Å². The number of aromatic nitrogens is 2. The standard InChI is InChI=1S/C12H13N5O3S/c1-2-14-11-10(3-8(4-15-11)17(19)20)12(18)16-6-9-5-13-7-21-9/h3-5,7H,2,6H2,1H3,(H,14,15)(H,16,18). The Kier molecular flexibility index (Phi) is 4.77. The Morgan fingerprint density at radius 3 is 2.90 bits per heavy atom. The van der Waals surface area contributed by atoms with Gasteiger partial charge < -0.3 is 10.6 Å². The van der Waals surface area contributed by atoms with E-state index in [9.17, 15) is 14.9 Å². The van der Waals surface area contributed by atoms with Gasteiger partial charge in [0.25, 0.3) is 11.6 Å². The highest BCUT2D eigenvalue weighted by Gasteiger charge is 2.17. The van der Waals surface area contributed by atoms with Crippen molar-refractivity contribution in [3.8, 4) is 0 Å². The summed E-state index contributed by atoms with van der Waals surface area (Å²) < 4.78 is 0. The van der Waals surface area contributed by atoms with E-state index in [0.29, 0.717) is 18.9 Å². The number of carbonyl (C=O) groups excluding carboxylic acids is 1. The van der Waals surface area contributed by atoms with E-state index in [-0.39, 0.29) is 11.3 Å². The lowest BCUT2D eigenvalue weighted by Crippen LogP contribution is -2.24. The van der Waals surface area contributed by atoms with Gasteiger partial charge in [0.05, 0.1) is 22.5 Å². The molecule has 2 rings (SSSR count). The Morgan fingerprint density at radius 2 is 2.29 bits per heavy atom. The quantitative estimate of drug-likeness (QED) is 0.622. The number of anilines is 1. The molecule has 0 saturated carbocycles. The predicted molar refractivity (Wildman–Crippen MR) is 78.3 cm³/mol. The average molecular weight is 307 g/mol. The molecule has 1 amide bonds. The average Bonchev–Trinajstić information content (AvgIpc) is 2.98. The molecule has 0 aliphatic rings. The Balaban J connectivity index is 2.20. The molecular weight excluding hydrogens is 294 g/mol. The number of nitrogens with one attached hydrogen (secondary N) is 2. The molecular formula is C12H13N5O3S. The van der Waals surface area contributed by atoms with Gasteiger partial charge in [0.2, 0.25) is 0 Å². The minimum absolute atomic E-state index is 0.149. The van der Waals surface area contributed by atoms with Crippen molar-refractivity contribution in [2.24, 2.45) is 0 Å². The largest absolute Gasteiger partial charge is 0.370 e. The van der Waals surface area contributed by atoms with E-state index in [1.54, 1.807) is 11.7 Å². The van der Waals surface area contributed by atoms with Crippen molar-refractivity contribution in [1.29, 1.82) is 0 Å². The van der Waals surface area contributed by atoms with Gasteiger partial charge in [0.15, 0.2) is 0 Å². The van der Waals surface area contributed by atoms with Gasteiger partial charge in [0.1, 0.15) is 12.0 Å². The van der Waals surface area contributed by atoms with E-state index in [1.165, 1.54) is 17.4 Å². The van der Waals surface area contributed by atoms with Crippen LogP contribution >= 0.6 is 11.3 Å². The topological polar surface area (TPSA) is 110 Å². The molecule has 8 nitrogen and oxygen atoms in total. The fraction of sp³-hybridized carbons (Fsp3) is 0.250. The van der Waals surface area contributed by atoms with Crippen LogP contribution in [0.25, 0.3) is 0 Å². The molecule has 110 valence electrons. The van der Waals surface area contributed by atoms with Gasteiger partial charge in [-0.15, -0.1) is 11.3 Å². The van der Waals surface area contributed by atoms with Gasteiger partial charge >= 0.3 is 0 Å². The Bertz CT molecular complexity index is 644. The molecule has 0 aliphatic carbocycles. The van der Waals surface area contributed by atoms with Crippen molar-refractivity contribution < 1.29 is 9.72 Å². The number of carbonyl (C=O) groups is 1.